The molecule has 6 aromatic rings. The lowest BCUT2D eigenvalue weighted by atomic mass is 10.1. The van der Waals surface area contributed by atoms with Gasteiger partial charge in [-0.05, 0) is 61.2 Å². The highest BCUT2D eigenvalue weighted by atomic mass is 16.5. The van der Waals surface area contributed by atoms with Crippen molar-refractivity contribution in [3.8, 4) is 22.9 Å². The zero-order valence-corrected chi connectivity index (χ0v) is 27.4. The summed E-state index contributed by atoms with van der Waals surface area (Å²) in [6.07, 6.45) is 14.1. The van der Waals surface area contributed by atoms with Crippen molar-refractivity contribution in [2.75, 3.05) is 12.3 Å². The van der Waals surface area contributed by atoms with Crippen LogP contribution < -0.4 is 26.1 Å². The van der Waals surface area contributed by atoms with E-state index in [1.165, 1.54) is 17.7 Å². The molecule has 0 saturated carbocycles. The first-order valence-corrected chi connectivity index (χ1v) is 15.7. The summed E-state index contributed by atoms with van der Waals surface area (Å²) in [4.78, 5) is 23.9. The maximum absolute atomic E-state index is 12.1. The molecule has 0 atom stereocenters. The molecule has 0 bridgehead atoms. The van der Waals surface area contributed by atoms with Crippen molar-refractivity contribution in [3.05, 3.63) is 135 Å². The summed E-state index contributed by atoms with van der Waals surface area (Å²) in [7, 11) is 3.64. The number of ether oxygens (including phenoxy) is 2. The van der Waals surface area contributed by atoms with Crippen LogP contribution in [0.5, 0.6) is 11.5 Å². The Morgan fingerprint density at radius 3 is 1.61 bits per heavy atom. The van der Waals surface area contributed by atoms with Crippen LogP contribution in [0.1, 0.15) is 36.2 Å². The predicted octanol–water partition coefficient (Wildman–Crippen LogP) is 3.38. The van der Waals surface area contributed by atoms with Gasteiger partial charge in [0.15, 0.2) is 0 Å². The van der Waals surface area contributed by atoms with Crippen LogP contribution >= 0.6 is 0 Å². The molecule has 49 heavy (non-hydrogen) atoms. The van der Waals surface area contributed by atoms with Gasteiger partial charge in [0.25, 0.3) is 0 Å². The second-order valence-electron chi connectivity index (χ2n) is 11.2. The van der Waals surface area contributed by atoms with Crippen LogP contribution in [0.25, 0.3) is 11.4 Å². The first kappa shape index (κ1) is 34.3. The molecule has 3 N–H and O–H groups in total. The summed E-state index contributed by atoms with van der Waals surface area (Å²) < 4.78 is 17.9. The summed E-state index contributed by atoms with van der Waals surface area (Å²) >= 11 is 0. The highest BCUT2D eigenvalue weighted by molar-refractivity contribution is 5.41. The molecule has 0 radical (unpaired) electrons. The van der Waals surface area contributed by atoms with E-state index < -0.39 is 0 Å². The van der Waals surface area contributed by atoms with Crippen LogP contribution in [-0.4, -0.2) is 50.8 Å². The third-order valence-corrected chi connectivity index (χ3v) is 7.35. The van der Waals surface area contributed by atoms with Gasteiger partial charge in [-0.25, -0.2) is 9.36 Å². The van der Waals surface area contributed by atoms with Crippen LogP contribution in [0.4, 0.5) is 5.69 Å². The average Bonchev–Trinajstić information content (AvgIpc) is 3.75. The van der Waals surface area contributed by atoms with Crippen molar-refractivity contribution in [2.45, 2.75) is 38.9 Å². The van der Waals surface area contributed by atoms with Gasteiger partial charge < -0.3 is 20.3 Å². The second kappa shape index (κ2) is 16.7. The molecule has 14 heteroatoms. The fraction of sp³-hybridized carbons (Fsp3) is 0.257. The zero-order chi connectivity index (χ0) is 34.6. The number of anilines is 1. The van der Waals surface area contributed by atoms with Crippen molar-refractivity contribution in [3.63, 3.8) is 0 Å². The number of aromatic nitrogens is 8. The van der Waals surface area contributed by atoms with E-state index in [1.54, 1.807) is 67.8 Å². The van der Waals surface area contributed by atoms with Gasteiger partial charge in [-0.2, -0.15) is 20.4 Å². The first-order chi connectivity index (χ1) is 23.8. The lowest BCUT2D eigenvalue weighted by molar-refractivity contribution is 0.283. The van der Waals surface area contributed by atoms with E-state index in [4.69, 9.17) is 20.3 Å². The summed E-state index contributed by atoms with van der Waals surface area (Å²) in [5.41, 5.74) is 9.40. The molecule has 0 saturated heterocycles. The minimum Gasteiger partial charge on any atom is -0.487 e. The molecule has 0 spiro atoms. The molecule has 0 aliphatic rings. The van der Waals surface area contributed by atoms with Gasteiger partial charge in [0.05, 0.1) is 24.8 Å². The third kappa shape index (κ3) is 9.98. The summed E-state index contributed by atoms with van der Waals surface area (Å²) in [5, 5.41) is 25.6. The number of nitrogens with two attached hydrogens (primary N) is 1. The standard InChI is InChI=1S/C20H24N4O3.C15H15N5O2/c1-23-14-17(13-21-23)24-11-10-20(26)19(22-24)15-27-18-8-6-16(7-9-18)5-3-2-4-12-25;1-19-9-12(8-17-19)20-7-6-15(21)14(18-20)10-22-13-4-2-11(16)3-5-13/h6-11,13-14,25H,2-5,12,15H2,1H3;2-9H,10,16H2,1H3. The van der Waals surface area contributed by atoms with Gasteiger partial charge >= 0.3 is 0 Å². The smallest absolute Gasteiger partial charge is 0.206 e. The largest absolute Gasteiger partial charge is 0.487 e. The molecule has 0 unspecified atom stereocenters. The molecular formula is C35H39N9O5. The fourth-order valence-corrected chi connectivity index (χ4v) is 4.67. The number of benzene rings is 2. The monoisotopic (exact) mass is 665 g/mol. The lowest BCUT2D eigenvalue weighted by Gasteiger charge is -2.08. The zero-order valence-electron chi connectivity index (χ0n) is 27.4. The van der Waals surface area contributed by atoms with Crippen molar-refractivity contribution >= 4 is 5.69 Å². The van der Waals surface area contributed by atoms with Crippen LogP contribution in [0, 0.1) is 0 Å². The minimum atomic E-state index is -0.171. The number of hydrogen-bond donors (Lipinski definition) is 2. The van der Waals surface area contributed by atoms with Gasteiger partial charge in [-0.15, -0.1) is 0 Å². The minimum absolute atomic E-state index is 0.0872. The number of aryl methyl sites for hydroxylation is 3. The number of unbranched alkanes of at least 4 members (excludes halogenated alkanes) is 2. The van der Waals surface area contributed by atoms with E-state index in [0.717, 1.165) is 37.1 Å². The van der Waals surface area contributed by atoms with E-state index in [9.17, 15) is 9.59 Å². The van der Waals surface area contributed by atoms with Crippen molar-refractivity contribution in [2.24, 2.45) is 14.1 Å². The molecule has 2 aromatic carbocycles. The number of nitrogen functional groups attached to an aromatic ring is 1. The molecular weight excluding hydrogens is 626 g/mol. The van der Waals surface area contributed by atoms with Crippen LogP contribution in [0.3, 0.4) is 0 Å². The summed E-state index contributed by atoms with van der Waals surface area (Å²) in [6, 6.07) is 17.8. The number of aliphatic hydroxyl groups is 1. The Morgan fingerprint density at radius 1 is 0.673 bits per heavy atom. The SMILES string of the molecule is Cn1cc(-n2ccc(=O)c(COc3ccc(CCCCCO)cc3)n2)cn1.Cn1cc(-n2ccc(=O)c(COc3ccc(N)cc3)n2)cn1. The van der Waals surface area contributed by atoms with Crippen molar-refractivity contribution in [1.82, 2.24) is 39.1 Å². The van der Waals surface area contributed by atoms with E-state index in [2.05, 4.69) is 20.4 Å². The van der Waals surface area contributed by atoms with Crippen LogP contribution in [0.2, 0.25) is 0 Å². The maximum atomic E-state index is 12.1. The van der Waals surface area contributed by atoms with Gasteiger partial charge in [-0.3, -0.25) is 19.0 Å². The Hall–Kier alpha value is -6.02. The van der Waals surface area contributed by atoms with E-state index in [-0.39, 0.29) is 30.7 Å². The molecule has 0 aliphatic carbocycles. The third-order valence-electron chi connectivity index (χ3n) is 7.35. The molecule has 4 heterocycles. The lowest BCUT2D eigenvalue weighted by Crippen LogP contribution is -2.17. The predicted molar refractivity (Wildman–Crippen MR) is 184 cm³/mol. The maximum Gasteiger partial charge on any atom is 0.206 e. The molecule has 0 amide bonds. The summed E-state index contributed by atoms with van der Waals surface area (Å²) in [6.45, 7) is 0.447. The van der Waals surface area contributed by atoms with Crippen molar-refractivity contribution in [1.29, 1.82) is 0 Å². The van der Waals surface area contributed by atoms with Gasteiger partial charge in [-0.1, -0.05) is 18.6 Å². The Morgan fingerprint density at radius 2 is 1.16 bits per heavy atom. The number of rotatable bonds is 13. The van der Waals surface area contributed by atoms with E-state index >= 15 is 0 Å². The van der Waals surface area contributed by atoms with Crippen LogP contribution in [-0.2, 0) is 33.7 Å². The van der Waals surface area contributed by atoms with E-state index in [1.807, 2.05) is 50.8 Å². The molecule has 254 valence electrons. The molecule has 0 aliphatic heterocycles. The normalized spacial score (nSPS) is 10.8. The molecule has 0 fully saturated rings. The van der Waals surface area contributed by atoms with Gasteiger partial charge in [0.2, 0.25) is 10.9 Å². The topological polar surface area (TPSA) is 170 Å². The number of hydrogen-bond acceptors (Lipinski definition) is 10. The van der Waals surface area contributed by atoms with Gasteiger partial charge in [0.1, 0.15) is 47.5 Å². The molecule has 14 nitrogen and oxygen atoms in total. The Bertz CT molecular complexity index is 2050. The van der Waals surface area contributed by atoms with E-state index in [0.29, 0.717) is 28.6 Å². The average molecular weight is 666 g/mol. The Balaban J connectivity index is 0.000000195. The van der Waals surface area contributed by atoms with Gasteiger partial charge in [0, 0.05) is 50.9 Å². The molecule has 4 aromatic heterocycles. The fourth-order valence-electron chi connectivity index (χ4n) is 4.67. The number of aliphatic hydroxyl groups excluding tert-OH is 1. The highest BCUT2D eigenvalue weighted by Crippen LogP contribution is 2.16. The Labute approximate surface area is 282 Å². The highest BCUT2D eigenvalue weighted by Gasteiger charge is 2.08. The summed E-state index contributed by atoms with van der Waals surface area (Å²) in [5.74, 6) is 1.33. The molecule has 6 rings (SSSR count). The van der Waals surface area contributed by atoms with Crippen LogP contribution in [0.15, 0.2) is 107 Å². The van der Waals surface area contributed by atoms with Crippen molar-refractivity contribution < 1.29 is 14.6 Å². The first-order valence-electron chi connectivity index (χ1n) is 15.7. The number of nitrogens with zero attached hydrogens (tertiary/aromatic N) is 8. The quantitative estimate of drug-likeness (QED) is 0.138. The second-order valence-corrected chi connectivity index (χ2v) is 11.2. The Kier molecular flexibility index (Phi) is 11.7.